The lowest BCUT2D eigenvalue weighted by molar-refractivity contribution is 0.0826. The quantitative estimate of drug-likeness (QED) is 0.742. The lowest BCUT2D eigenvalue weighted by atomic mass is 9.92. The van der Waals surface area contributed by atoms with E-state index >= 15 is 0 Å². The molecule has 0 aliphatic carbocycles. The number of furan rings is 1. The number of hydrogen-bond acceptors (Lipinski definition) is 3. The average molecular weight is 228 g/mol. The summed E-state index contributed by atoms with van der Waals surface area (Å²) >= 11 is 0. The van der Waals surface area contributed by atoms with E-state index in [9.17, 15) is 4.79 Å². The van der Waals surface area contributed by atoms with Crippen molar-refractivity contribution in [1.29, 1.82) is 0 Å². The molecule has 0 fully saturated rings. The van der Waals surface area contributed by atoms with Gasteiger partial charge in [0.15, 0.2) is 5.76 Å². The summed E-state index contributed by atoms with van der Waals surface area (Å²) in [6, 6.07) is 11.3. The maximum atomic E-state index is 12.1. The van der Waals surface area contributed by atoms with Crippen LogP contribution in [0.3, 0.4) is 0 Å². The van der Waals surface area contributed by atoms with Crippen LogP contribution in [0.2, 0.25) is 0 Å². The third-order valence-electron chi connectivity index (χ3n) is 3.01. The van der Waals surface area contributed by atoms with Crippen LogP contribution in [-0.4, -0.2) is 12.4 Å². The van der Waals surface area contributed by atoms with Gasteiger partial charge in [-0.3, -0.25) is 4.79 Å². The first-order chi connectivity index (χ1) is 8.34. The number of carbonyl (C=O) groups is 1. The van der Waals surface area contributed by atoms with E-state index < -0.39 is 0 Å². The summed E-state index contributed by atoms with van der Waals surface area (Å²) in [5, 5.41) is 0. The molecule has 86 valence electrons. The number of rotatable bonds is 2. The van der Waals surface area contributed by atoms with Gasteiger partial charge in [-0.15, -0.1) is 0 Å². The second-order valence-electron chi connectivity index (χ2n) is 4.16. The van der Waals surface area contributed by atoms with E-state index in [2.05, 4.69) is 0 Å². The molecule has 1 unspecified atom stereocenters. The third-order valence-corrected chi connectivity index (χ3v) is 3.01. The number of carbonyl (C=O) groups excluding carboxylic acids is 1. The van der Waals surface area contributed by atoms with Gasteiger partial charge in [0.2, 0.25) is 5.78 Å². The fourth-order valence-corrected chi connectivity index (χ4v) is 2.12. The standard InChI is InChI=1S/C14H12O3/c15-14(13-6-3-7-16-13)11-8-10-4-1-2-5-12(10)17-9-11/h1-7,11H,8-9H2. The molecule has 3 nitrogen and oxygen atoms in total. The van der Waals surface area contributed by atoms with Crippen molar-refractivity contribution < 1.29 is 13.9 Å². The van der Waals surface area contributed by atoms with Crippen molar-refractivity contribution in [1.82, 2.24) is 0 Å². The van der Waals surface area contributed by atoms with Crippen molar-refractivity contribution in [3.63, 3.8) is 0 Å². The first-order valence-corrected chi connectivity index (χ1v) is 5.63. The Kier molecular flexibility index (Phi) is 2.44. The number of hydrogen-bond donors (Lipinski definition) is 0. The van der Waals surface area contributed by atoms with Crippen LogP contribution < -0.4 is 4.74 Å². The minimum atomic E-state index is -0.143. The summed E-state index contributed by atoms with van der Waals surface area (Å²) in [6.07, 6.45) is 2.24. The molecule has 0 bridgehead atoms. The van der Waals surface area contributed by atoms with Gasteiger partial charge in [-0.05, 0) is 30.2 Å². The Morgan fingerprint density at radius 1 is 1.18 bits per heavy atom. The van der Waals surface area contributed by atoms with Crippen LogP contribution in [0, 0.1) is 5.92 Å². The van der Waals surface area contributed by atoms with E-state index in [-0.39, 0.29) is 11.7 Å². The molecule has 0 radical (unpaired) electrons. The molecule has 1 aromatic carbocycles. The molecule has 3 rings (SSSR count). The van der Waals surface area contributed by atoms with Crippen molar-refractivity contribution in [3.05, 3.63) is 54.0 Å². The fourth-order valence-electron chi connectivity index (χ4n) is 2.12. The summed E-state index contributed by atoms with van der Waals surface area (Å²) in [7, 11) is 0. The highest BCUT2D eigenvalue weighted by atomic mass is 16.5. The number of fused-ring (bicyclic) bond motifs is 1. The average Bonchev–Trinajstić information content (AvgIpc) is 2.91. The molecule has 0 saturated heterocycles. The maximum Gasteiger partial charge on any atom is 0.204 e. The Morgan fingerprint density at radius 3 is 2.88 bits per heavy atom. The molecule has 2 heterocycles. The van der Waals surface area contributed by atoms with E-state index in [0.717, 1.165) is 17.7 Å². The molecule has 2 aromatic rings. The van der Waals surface area contributed by atoms with E-state index in [1.807, 2.05) is 24.3 Å². The van der Waals surface area contributed by atoms with Crippen LogP contribution in [0.25, 0.3) is 0 Å². The summed E-state index contributed by atoms with van der Waals surface area (Å²) in [5.41, 5.74) is 1.09. The van der Waals surface area contributed by atoms with Gasteiger partial charge in [0.1, 0.15) is 5.75 Å². The Bertz CT molecular complexity index is 528. The molecule has 0 spiro atoms. The van der Waals surface area contributed by atoms with E-state index in [0.29, 0.717) is 12.4 Å². The van der Waals surface area contributed by atoms with Crippen LogP contribution in [0.15, 0.2) is 47.1 Å². The van der Waals surface area contributed by atoms with Crippen LogP contribution in [-0.2, 0) is 6.42 Å². The van der Waals surface area contributed by atoms with Gasteiger partial charge in [0.05, 0.1) is 18.8 Å². The lowest BCUT2D eigenvalue weighted by Crippen LogP contribution is -2.28. The van der Waals surface area contributed by atoms with Crippen LogP contribution >= 0.6 is 0 Å². The SMILES string of the molecule is O=C(c1ccco1)C1COc2ccccc2C1. The topological polar surface area (TPSA) is 39.4 Å². The summed E-state index contributed by atoms with van der Waals surface area (Å²) in [5.74, 6) is 1.18. The zero-order valence-corrected chi connectivity index (χ0v) is 9.26. The predicted molar refractivity (Wildman–Crippen MR) is 62.2 cm³/mol. The molecule has 0 saturated carbocycles. The fraction of sp³-hybridized carbons (Fsp3) is 0.214. The van der Waals surface area contributed by atoms with E-state index in [4.69, 9.17) is 9.15 Å². The van der Waals surface area contributed by atoms with Gasteiger partial charge in [-0.2, -0.15) is 0 Å². The van der Waals surface area contributed by atoms with Gasteiger partial charge in [-0.1, -0.05) is 18.2 Å². The second-order valence-corrected chi connectivity index (χ2v) is 4.16. The molecule has 0 N–H and O–H groups in total. The number of Topliss-reactive ketones (excluding diaryl/α,β-unsaturated/α-hetero) is 1. The molecule has 0 amide bonds. The highest BCUT2D eigenvalue weighted by Gasteiger charge is 2.27. The molecular weight excluding hydrogens is 216 g/mol. The highest BCUT2D eigenvalue weighted by molar-refractivity contribution is 5.95. The Balaban J connectivity index is 1.83. The minimum Gasteiger partial charge on any atom is -0.493 e. The summed E-state index contributed by atoms with van der Waals surface area (Å²) < 4.78 is 10.7. The largest absolute Gasteiger partial charge is 0.493 e. The van der Waals surface area contributed by atoms with Crippen LogP contribution in [0.4, 0.5) is 0 Å². The van der Waals surface area contributed by atoms with Gasteiger partial charge in [0.25, 0.3) is 0 Å². The number of ketones is 1. The minimum absolute atomic E-state index is 0.0181. The summed E-state index contributed by atoms with van der Waals surface area (Å²) in [4.78, 5) is 12.1. The Morgan fingerprint density at radius 2 is 2.06 bits per heavy atom. The predicted octanol–water partition coefficient (Wildman–Crippen LogP) is 2.71. The van der Waals surface area contributed by atoms with Crippen molar-refractivity contribution in [2.24, 2.45) is 5.92 Å². The number of benzene rings is 1. The van der Waals surface area contributed by atoms with E-state index in [1.165, 1.54) is 6.26 Å². The van der Waals surface area contributed by atoms with Gasteiger partial charge in [0, 0.05) is 0 Å². The Labute approximate surface area is 99.0 Å². The molecule has 1 aliphatic heterocycles. The number of ether oxygens (including phenoxy) is 1. The number of para-hydroxylation sites is 1. The normalized spacial score (nSPS) is 18.2. The van der Waals surface area contributed by atoms with E-state index in [1.54, 1.807) is 12.1 Å². The van der Waals surface area contributed by atoms with Crippen molar-refractivity contribution in [3.8, 4) is 5.75 Å². The molecule has 3 heteroatoms. The first-order valence-electron chi connectivity index (χ1n) is 5.63. The first kappa shape index (κ1) is 10.1. The van der Waals surface area contributed by atoms with Gasteiger partial charge < -0.3 is 9.15 Å². The molecule has 1 atom stereocenters. The Hall–Kier alpha value is -2.03. The molecule has 1 aromatic heterocycles. The smallest absolute Gasteiger partial charge is 0.204 e. The second kappa shape index (κ2) is 4.09. The molecular formula is C14H12O3. The third kappa shape index (κ3) is 1.84. The summed E-state index contributed by atoms with van der Waals surface area (Å²) in [6.45, 7) is 0.427. The molecule has 17 heavy (non-hydrogen) atoms. The highest BCUT2D eigenvalue weighted by Crippen LogP contribution is 2.28. The monoisotopic (exact) mass is 228 g/mol. The van der Waals surface area contributed by atoms with Crippen molar-refractivity contribution in [2.45, 2.75) is 6.42 Å². The molecule has 1 aliphatic rings. The van der Waals surface area contributed by atoms with Gasteiger partial charge >= 0.3 is 0 Å². The van der Waals surface area contributed by atoms with Gasteiger partial charge in [-0.25, -0.2) is 0 Å². The van der Waals surface area contributed by atoms with Crippen LogP contribution in [0.5, 0.6) is 5.75 Å². The maximum absolute atomic E-state index is 12.1. The lowest BCUT2D eigenvalue weighted by Gasteiger charge is -2.23. The van der Waals surface area contributed by atoms with Crippen molar-refractivity contribution >= 4 is 5.78 Å². The van der Waals surface area contributed by atoms with Crippen molar-refractivity contribution in [2.75, 3.05) is 6.61 Å². The zero-order valence-electron chi connectivity index (χ0n) is 9.26. The van der Waals surface area contributed by atoms with Crippen LogP contribution in [0.1, 0.15) is 16.1 Å². The zero-order chi connectivity index (χ0) is 11.7.